The van der Waals surface area contributed by atoms with Crippen LogP contribution in [0.4, 0.5) is 5.69 Å². The van der Waals surface area contributed by atoms with Crippen LogP contribution in [0.5, 0.6) is 0 Å². The Morgan fingerprint density at radius 3 is 2.46 bits per heavy atom. The van der Waals surface area contributed by atoms with Crippen molar-refractivity contribution in [1.82, 2.24) is 4.90 Å². The van der Waals surface area contributed by atoms with Crippen molar-refractivity contribution in [2.75, 3.05) is 31.6 Å². The lowest BCUT2D eigenvalue weighted by Gasteiger charge is -2.26. The number of thiophene rings is 1. The maximum absolute atomic E-state index is 12.8. The molecule has 126 valence electrons. The van der Waals surface area contributed by atoms with E-state index in [1.165, 1.54) is 11.3 Å². The third kappa shape index (κ3) is 3.34. The molecule has 6 heteroatoms. The summed E-state index contributed by atoms with van der Waals surface area (Å²) in [5.41, 5.74) is 2.15. The van der Waals surface area contributed by atoms with Gasteiger partial charge in [0.25, 0.3) is 11.8 Å². The average Bonchev–Trinajstić information content (AvgIpc) is 2.91. The minimum atomic E-state index is -0.201. The van der Waals surface area contributed by atoms with E-state index in [4.69, 9.17) is 4.74 Å². The molecule has 1 N–H and O–H groups in total. The quantitative estimate of drug-likeness (QED) is 0.931. The molecule has 2 amide bonds. The summed E-state index contributed by atoms with van der Waals surface area (Å²) in [6, 6.07) is 9.02. The molecule has 1 fully saturated rings. The number of morpholine rings is 1. The van der Waals surface area contributed by atoms with Crippen LogP contribution >= 0.6 is 11.3 Å². The van der Waals surface area contributed by atoms with Crippen molar-refractivity contribution in [2.45, 2.75) is 13.8 Å². The summed E-state index contributed by atoms with van der Waals surface area (Å²) in [4.78, 5) is 28.7. The van der Waals surface area contributed by atoms with Crippen molar-refractivity contribution in [2.24, 2.45) is 0 Å². The van der Waals surface area contributed by atoms with Gasteiger partial charge >= 0.3 is 0 Å². The number of nitrogens with one attached hydrogen (secondary N) is 1. The number of benzene rings is 1. The predicted molar refractivity (Wildman–Crippen MR) is 94.9 cm³/mol. The number of carbonyl (C=O) groups excluding carboxylic acids is 2. The zero-order chi connectivity index (χ0) is 17.1. The van der Waals surface area contributed by atoms with E-state index in [9.17, 15) is 9.59 Å². The molecular weight excluding hydrogens is 324 g/mol. The van der Waals surface area contributed by atoms with Gasteiger partial charge < -0.3 is 15.0 Å². The van der Waals surface area contributed by atoms with E-state index < -0.39 is 0 Å². The second kappa shape index (κ2) is 7.15. The van der Waals surface area contributed by atoms with Crippen molar-refractivity contribution in [1.29, 1.82) is 0 Å². The topological polar surface area (TPSA) is 58.6 Å². The summed E-state index contributed by atoms with van der Waals surface area (Å²) in [7, 11) is 0. The zero-order valence-corrected chi connectivity index (χ0v) is 14.6. The Balaban J connectivity index is 1.87. The maximum atomic E-state index is 12.8. The van der Waals surface area contributed by atoms with Crippen LogP contribution in [0.15, 0.2) is 30.3 Å². The number of aryl methyl sites for hydroxylation is 1. The van der Waals surface area contributed by atoms with Crippen molar-refractivity contribution in [3.8, 4) is 0 Å². The smallest absolute Gasteiger partial charge is 0.266 e. The Morgan fingerprint density at radius 1 is 1.12 bits per heavy atom. The van der Waals surface area contributed by atoms with Gasteiger partial charge in [0.15, 0.2) is 0 Å². The minimum absolute atomic E-state index is 0.0390. The monoisotopic (exact) mass is 344 g/mol. The van der Waals surface area contributed by atoms with Gasteiger partial charge in [-0.2, -0.15) is 0 Å². The number of hydrogen-bond acceptors (Lipinski definition) is 4. The van der Waals surface area contributed by atoms with E-state index in [1.807, 2.05) is 32.0 Å². The molecule has 0 aliphatic carbocycles. The first-order valence-corrected chi connectivity index (χ1v) is 8.73. The molecule has 1 aliphatic heterocycles. The van der Waals surface area contributed by atoms with Gasteiger partial charge in [-0.15, -0.1) is 11.3 Å². The fourth-order valence-corrected chi connectivity index (χ4v) is 3.70. The summed E-state index contributed by atoms with van der Waals surface area (Å²) >= 11 is 1.43. The molecule has 1 aromatic carbocycles. The second-order valence-corrected chi connectivity index (χ2v) is 6.94. The molecule has 0 radical (unpaired) electrons. The number of hydrogen-bond donors (Lipinski definition) is 1. The van der Waals surface area contributed by atoms with Crippen LogP contribution in [0.1, 0.15) is 30.5 Å². The van der Waals surface area contributed by atoms with Crippen molar-refractivity contribution in [3.63, 3.8) is 0 Å². The molecule has 0 saturated carbocycles. The van der Waals surface area contributed by atoms with Gasteiger partial charge in [0, 0.05) is 23.5 Å². The van der Waals surface area contributed by atoms with E-state index in [0.29, 0.717) is 42.4 Å². The van der Waals surface area contributed by atoms with Gasteiger partial charge in [-0.25, -0.2) is 0 Å². The molecule has 2 aromatic rings. The Kier molecular flexibility index (Phi) is 4.97. The molecule has 1 aliphatic rings. The maximum Gasteiger partial charge on any atom is 0.266 e. The van der Waals surface area contributed by atoms with E-state index in [1.54, 1.807) is 17.0 Å². The third-order valence-corrected chi connectivity index (χ3v) is 5.35. The Hall–Kier alpha value is -2.18. The molecule has 5 nitrogen and oxygen atoms in total. The molecule has 1 saturated heterocycles. The fraction of sp³-hybridized carbons (Fsp3) is 0.333. The van der Waals surface area contributed by atoms with Crippen LogP contribution in [0.25, 0.3) is 0 Å². The largest absolute Gasteiger partial charge is 0.378 e. The Morgan fingerprint density at radius 2 is 1.79 bits per heavy atom. The van der Waals surface area contributed by atoms with Gasteiger partial charge in [0.05, 0.1) is 18.9 Å². The number of amides is 2. The predicted octanol–water partition coefficient (Wildman–Crippen LogP) is 3.09. The first kappa shape index (κ1) is 16.7. The van der Waals surface area contributed by atoms with Crippen LogP contribution < -0.4 is 5.32 Å². The van der Waals surface area contributed by atoms with E-state index >= 15 is 0 Å². The van der Waals surface area contributed by atoms with Gasteiger partial charge in [-0.1, -0.05) is 18.2 Å². The summed E-state index contributed by atoms with van der Waals surface area (Å²) < 4.78 is 5.31. The van der Waals surface area contributed by atoms with Crippen molar-refractivity contribution >= 4 is 28.8 Å². The lowest BCUT2D eigenvalue weighted by molar-refractivity contribution is 0.0306. The number of anilines is 1. The first-order valence-electron chi connectivity index (χ1n) is 7.91. The Labute approximate surface area is 145 Å². The Bertz CT molecular complexity index is 749. The molecule has 1 aromatic heterocycles. The molecule has 0 unspecified atom stereocenters. The molecule has 24 heavy (non-hydrogen) atoms. The van der Waals surface area contributed by atoms with Gasteiger partial charge in [0.1, 0.15) is 4.88 Å². The standard InChI is InChI=1S/C18H20N2O3S/c1-12-13(2)24-16(18(22)20-8-10-23-11-9-20)15(12)19-17(21)14-6-4-3-5-7-14/h3-7H,8-11H2,1-2H3,(H,19,21). The highest BCUT2D eigenvalue weighted by Gasteiger charge is 2.26. The van der Waals surface area contributed by atoms with Crippen LogP contribution in [0, 0.1) is 13.8 Å². The first-order chi connectivity index (χ1) is 11.6. The highest BCUT2D eigenvalue weighted by Crippen LogP contribution is 2.33. The number of rotatable bonds is 3. The molecule has 2 heterocycles. The average molecular weight is 344 g/mol. The van der Waals surface area contributed by atoms with Crippen LogP contribution in [-0.2, 0) is 4.74 Å². The van der Waals surface area contributed by atoms with Gasteiger partial charge in [-0.3, -0.25) is 9.59 Å². The van der Waals surface area contributed by atoms with Gasteiger partial charge in [-0.05, 0) is 31.5 Å². The molecule has 3 rings (SSSR count). The zero-order valence-electron chi connectivity index (χ0n) is 13.8. The SMILES string of the molecule is Cc1sc(C(=O)N2CCOCC2)c(NC(=O)c2ccccc2)c1C. The van der Waals surface area contributed by atoms with E-state index in [0.717, 1.165) is 10.4 Å². The van der Waals surface area contributed by atoms with Gasteiger partial charge in [0.2, 0.25) is 0 Å². The lowest BCUT2D eigenvalue weighted by Crippen LogP contribution is -2.40. The second-order valence-electron chi connectivity index (χ2n) is 5.71. The summed E-state index contributed by atoms with van der Waals surface area (Å²) in [5.74, 6) is -0.240. The number of nitrogens with zero attached hydrogens (tertiary/aromatic N) is 1. The van der Waals surface area contributed by atoms with Crippen molar-refractivity contribution < 1.29 is 14.3 Å². The molecular formula is C18H20N2O3S. The highest BCUT2D eigenvalue weighted by molar-refractivity contribution is 7.14. The third-order valence-electron chi connectivity index (χ3n) is 4.15. The normalized spacial score (nSPS) is 14.5. The minimum Gasteiger partial charge on any atom is -0.378 e. The lowest BCUT2D eigenvalue weighted by atomic mass is 10.1. The van der Waals surface area contributed by atoms with Crippen LogP contribution in [0.3, 0.4) is 0 Å². The van der Waals surface area contributed by atoms with Crippen LogP contribution in [-0.4, -0.2) is 43.0 Å². The van der Waals surface area contributed by atoms with E-state index in [2.05, 4.69) is 5.32 Å². The number of ether oxygens (including phenoxy) is 1. The van der Waals surface area contributed by atoms with Crippen molar-refractivity contribution in [3.05, 3.63) is 51.2 Å². The van der Waals surface area contributed by atoms with Crippen LogP contribution in [0.2, 0.25) is 0 Å². The van der Waals surface area contributed by atoms with E-state index in [-0.39, 0.29) is 11.8 Å². The summed E-state index contributed by atoms with van der Waals surface area (Å²) in [5, 5.41) is 2.93. The summed E-state index contributed by atoms with van der Waals surface area (Å²) in [6.07, 6.45) is 0. The molecule has 0 spiro atoms. The highest BCUT2D eigenvalue weighted by atomic mass is 32.1. The fourth-order valence-electron chi connectivity index (χ4n) is 2.61. The summed E-state index contributed by atoms with van der Waals surface area (Å²) in [6.45, 7) is 6.18. The molecule has 0 bridgehead atoms. The molecule has 0 atom stereocenters. The number of carbonyl (C=O) groups is 2.